The van der Waals surface area contributed by atoms with E-state index in [2.05, 4.69) is 32.4 Å². The average Bonchev–Trinajstić information content (AvgIpc) is 3.33. The number of urea groups is 1. The molecule has 41 heavy (non-hydrogen) atoms. The summed E-state index contributed by atoms with van der Waals surface area (Å²) in [6.45, 7) is 1.42. The number of hydrogen-bond donors (Lipinski definition) is 3. The summed E-state index contributed by atoms with van der Waals surface area (Å²) in [5.41, 5.74) is 0.440. The van der Waals surface area contributed by atoms with E-state index in [9.17, 15) is 23.1 Å². The quantitative estimate of drug-likeness (QED) is 0.475. The highest BCUT2D eigenvalue weighted by atomic mass is 19.4. The average molecular weight is 585 g/mol. The highest BCUT2D eigenvalue weighted by Crippen LogP contribution is 2.36. The number of piperidine rings is 2. The van der Waals surface area contributed by atoms with Crippen molar-refractivity contribution in [2.45, 2.75) is 49.5 Å². The van der Waals surface area contributed by atoms with Crippen LogP contribution in [-0.2, 0) is 0 Å². The molecule has 0 saturated carbocycles. The van der Waals surface area contributed by atoms with Gasteiger partial charge in [0.05, 0.1) is 29.7 Å². The number of allylic oxidation sites excluding steroid dienone is 2. The molecule has 5 rings (SSSR count). The molecule has 0 aromatic carbocycles. The zero-order valence-corrected chi connectivity index (χ0v) is 22.9. The number of nitrogens with one attached hydrogen (secondary N) is 2. The van der Waals surface area contributed by atoms with E-state index in [4.69, 9.17) is 0 Å². The van der Waals surface area contributed by atoms with Gasteiger partial charge in [0.1, 0.15) is 6.04 Å². The third kappa shape index (κ3) is 5.82. The van der Waals surface area contributed by atoms with Gasteiger partial charge in [-0.05, 0) is 51.5 Å². The summed E-state index contributed by atoms with van der Waals surface area (Å²) in [6, 6.07) is -0.740. The number of nitrogens with zero attached hydrogens (tertiary/aromatic N) is 6. The van der Waals surface area contributed by atoms with Crippen molar-refractivity contribution in [3.63, 3.8) is 0 Å². The van der Waals surface area contributed by atoms with Crippen molar-refractivity contribution in [3.05, 3.63) is 41.5 Å². The first-order valence-corrected chi connectivity index (χ1v) is 13.3. The Balaban J connectivity index is 1.28. The first kappa shape index (κ1) is 29.0. The number of amides is 2. The lowest BCUT2D eigenvalue weighted by Crippen LogP contribution is -2.60. The van der Waals surface area contributed by atoms with E-state index >= 15 is 8.78 Å². The molecular weight excluding hydrogens is 551 g/mol. The molecule has 3 N–H and O–H groups in total. The minimum atomic E-state index is -4.72. The number of alkyl halides is 5. The Bertz CT molecular complexity index is 1350. The van der Waals surface area contributed by atoms with Crippen LogP contribution >= 0.6 is 0 Å². The fraction of sp³-hybridized carbons (Fsp3) is 0.577. The lowest BCUT2D eigenvalue weighted by Gasteiger charge is -2.43. The van der Waals surface area contributed by atoms with Gasteiger partial charge in [0.25, 0.3) is 5.92 Å². The summed E-state index contributed by atoms with van der Waals surface area (Å²) in [5, 5.41) is 20.6. The van der Waals surface area contributed by atoms with Gasteiger partial charge in [-0.3, -0.25) is 5.10 Å². The molecule has 2 aromatic heterocycles. The predicted octanol–water partition coefficient (Wildman–Crippen LogP) is 3.22. The number of aromatic nitrogens is 3. The van der Waals surface area contributed by atoms with Crippen LogP contribution < -0.4 is 10.2 Å². The van der Waals surface area contributed by atoms with Crippen molar-refractivity contribution >= 4 is 22.8 Å². The van der Waals surface area contributed by atoms with Crippen molar-refractivity contribution in [1.29, 1.82) is 0 Å². The monoisotopic (exact) mass is 584 g/mol. The Morgan fingerprint density at radius 2 is 1.90 bits per heavy atom. The van der Waals surface area contributed by atoms with E-state index in [1.54, 1.807) is 0 Å². The van der Waals surface area contributed by atoms with Gasteiger partial charge in [0.15, 0.2) is 11.9 Å². The molecular formula is C26H33F5N8O2. The molecule has 2 atom stereocenters. The fourth-order valence-electron chi connectivity index (χ4n) is 5.71. The number of halogens is 5. The largest absolute Gasteiger partial charge is 0.417 e. The number of anilines is 1. The van der Waals surface area contributed by atoms with Crippen LogP contribution in [0.5, 0.6) is 0 Å². The Kier molecular flexibility index (Phi) is 7.61. The number of fused-ring (bicyclic) bond motifs is 1. The first-order chi connectivity index (χ1) is 19.2. The van der Waals surface area contributed by atoms with Crippen LogP contribution in [0, 0.1) is 0 Å². The van der Waals surface area contributed by atoms with Crippen molar-refractivity contribution < 1.29 is 31.9 Å². The van der Waals surface area contributed by atoms with Crippen LogP contribution in [-0.4, -0.2) is 113 Å². The predicted molar refractivity (Wildman–Crippen MR) is 141 cm³/mol. The van der Waals surface area contributed by atoms with Crippen molar-refractivity contribution in [2.75, 3.05) is 52.2 Å². The number of rotatable bonds is 4. The number of carbonyl (C=O) groups excluding carboxylic acids is 1. The van der Waals surface area contributed by atoms with Crippen LogP contribution in [0.15, 0.2) is 35.8 Å². The lowest BCUT2D eigenvalue weighted by molar-refractivity contribution is -0.0911. The smallest absolute Gasteiger partial charge is 0.368 e. The lowest BCUT2D eigenvalue weighted by atomic mass is 9.92. The van der Waals surface area contributed by atoms with E-state index in [1.807, 2.05) is 6.07 Å². The standard InChI is InChI=1S/C26H33F5N8O2/c1-36-7-4-15(5-8-36)21-18-11-17(12-32-22(18)35-34-21)39-9-6-20(25(27,28)14-39)38(3)24(41)33-19-10-16(26(29,30)31)13-37(2)23(19)40/h10-13,15,20,23,40H,4-9,14H2,1-3H3,(H,33,41)(H,32,34,35)/t20-,23?/m1/s1. The second kappa shape index (κ2) is 10.7. The summed E-state index contributed by atoms with van der Waals surface area (Å²) >= 11 is 0. The highest BCUT2D eigenvalue weighted by molar-refractivity contribution is 5.82. The molecule has 0 spiro atoms. The second-order valence-corrected chi connectivity index (χ2v) is 11.0. The number of carbonyl (C=O) groups is 1. The Morgan fingerprint density at radius 1 is 1.20 bits per heavy atom. The van der Waals surface area contributed by atoms with E-state index < -0.39 is 48.2 Å². The topological polar surface area (TPSA) is 104 Å². The van der Waals surface area contributed by atoms with Gasteiger partial charge < -0.3 is 30.0 Å². The zero-order chi connectivity index (χ0) is 29.7. The Hall–Kier alpha value is -3.46. The van der Waals surface area contributed by atoms with Crippen LogP contribution in [0.1, 0.15) is 30.9 Å². The van der Waals surface area contributed by atoms with Gasteiger partial charge in [-0.1, -0.05) is 0 Å². The SMILES string of the molecule is CN1CCC(c2[nH]nc3ncc(N4CC[C@@H](N(C)C(=O)NC5=CC(C(F)(F)F)=CN(C)C5O)C(F)(F)C4)cc23)CC1. The zero-order valence-electron chi connectivity index (χ0n) is 22.9. The molecule has 2 amide bonds. The first-order valence-electron chi connectivity index (χ1n) is 13.3. The summed E-state index contributed by atoms with van der Waals surface area (Å²) in [4.78, 5) is 22.7. The van der Waals surface area contributed by atoms with Gasteiger partial charge in [-0.2, -0.15) is 18.3 Å². The number of aromatic amines is 1. The van der Waals surface area contributed by atoms with E-state index in [0.717, 1.165) is 53.9 Å². The molecule has 1 unspecified atom stereocenters. The van der Waals surface area contributed by atoms with Crippen LogP contribution in [0.2, 0.25) is 0 Å². The Morgan fingerprint density at radius 3 is 2.56 bits per heavy atom. The van der Waals surface area contributed by atoms with Crippen LogP contribution in [0.3, 0.4) is 0 Å². The number of H-pyrrole nitrogens is 1. The molecule has 0 bridgehead atoms. The summed E-state index contributed by atoms with van der Waals surface area (Å²) in [6.07, 6.45) is -1.70. The summed E-state index contributed by atoms with van der Waals surface area (Å²) in [7, 11) is 4.44. The van der Waals surface area contributed by atoms with Gasteiger partial charge in [0, 0.05) is 43.8 Å². The Labute approximate surface area is 233 Å². The third-order valence-corrected chi connectivity index (χ3v) is 8.16. The number of likely N-dealkylation sites (N-methyl/N-ethyl adjacent to an activating group) is 1. The number of aliphatic hydroxyl groups is 1. The molecule has 5 heterocycles. The normalized spacial score (nSPS) is 24.3. The van der Waals surface area contributed by atoms with Crippen molar-refractivity contribution in [1.82, 2.24) is 35.2 Å². The van der Waals surface area contributed by atoms with E-state index in [1.165, 1.54) is 18.1 Å². The molecule has 2 saturated heterocycles. The summed E-state index contributed by atoms with van der Waals surface area (Å²) < 4.78 is 70.6. The van der Waals surface area contributed by atoms with Gasteiger partial charge in [-0.15, -0.1) is 0 Å². The number of likely N-dealkylation sites (tertiary alicyclic amines) is 1. The van der Waals surface area contributed by atoms with E-state index in [0.29, 0.717) is 23.6 Å². The molecule has 224 valence electrons. The molecule has 15 heteroatoms. The van der Waals surface area contributed by atoms with Crippen molar-refractivity contribution in [2.24, 2.45) is 0 Å². The fourth-order valence-corrected chi connectivity index (χ4v) is 5.71. The number of pyridine rings is 1. The maximum Gasteiger partial charge on any atom is 0.417 e. The minimum Gasteiger partial charge on any atom is -0.368 e. The summed E-state index contributed by atoms with van der Waals surface area (Å²) in [5.74, 6) is -3.08. The molecule has 0 aliphatic carbocycles. The molecule has 0 radical (unpaired) electrons. The maximum absolute atomic E-state index is 15.5. The van der Waals surface area contributed by atoms with Crippen LogP contribution in [0.25, 0.3) is 11.0 Å². The number of hydrogen-bond acceptors (Lipinski definition) is 7. The third-order valence-electron chi connectivity index (χ3n) is 8.16. The molecule has 2 aromatic rings. The minimum absolute atomic E-state index is 0.0998. The molecule has 2 fully saturated rings. The highest BCUT2D eigenvalue weighted by Gasteiger charge is 2.48. The van der Waals surface area contributed by atoms with E-state index in [-0.39, 0.29) is 18.9 Å². The molecule has 3 aliphatic heterocycles. The van der Waals surface area contributed by atoms with Gasteiger partial charge >= 0.3 is 12.2 Å². The van der Waals surface area contributed by atoms with Gasteiger partial charge in [0.2, 0.25) is 0 Å². The second-order valence-electron chi connectivity index (χ2n) is 11.0. The maximum atomic E-state index is 15.5. The van der Waals surface area contributed by atoms with Crippen LogP contribution in [0.4, 0.5) is 32.4 Å². The molecule has 10 nitrogen and oxygen atoms in total. The van der Waals surface area contributed by atoms with Gasteiger partial charge in [-0.25, -0.2) is 18.6 Å². The molecule has 3 aliphatic rings. The number of aliphatic hydroxyl groups excluding tert-OH is 1. The van der Waals surface area contributed by atoms with Crippen molar-refractivity contribution in [3.8, 4) is 0 Å².